The Morgan fingerprint density at radius 2 is 2.21 bits per heavy atom. The average Bonchev–Trinajstić information content (AvgIpc) is 2.93. The molecule has 2 heterocycles. The summed E-state index contributed by atoms with van der Waals surface area (Å²) >= 11 is 0. The highest BCUT2D eigenvalue weighted by Crippen LogP contribution is 2.09. The molecule has 0 saturated carbocycles. The summed E-state index contributed by atoms with van der Waals surface area (Å²) in [5, 5.41) is 21.0. The van der Waals surface area contributed by atoms with Gasteiger partial charge in [-0.3, -0.25) is 9.48 Å². The lowest BCUT2D eigenvalue weighted by molar-refractivity contribution is -0.137. The molecule has 0 fully saturated rings. The number of hydrogen-bond donors (Lipinski definition) is 1. The Morgan fingerprint density at radius 1 is 1.42 bits per heavy atom. The second-order valence-electron chi connectivity index (χ2n) is 4.52. The lowest BCUT2D eigenvalue weighted by Gasteiger charge is -1.94. The Balaban J connectivity index is 1.93. The highest BCUT2D eigenvalue weighted by molar-refractivity contribution is 5.66. The van der Waals surface area contributed by atoms with Gasteiger partial charge < -0.3 is 5.11 Å². The van der Waals surface area contributed by atoms with Gasteiger partial charge in [0.2, 0.25) is 0 Å². The molecule has 0 aliphatic carbocycles. The number of aliphatic carboxylic acids is 1. The van der Waals surface area contributed by atoms with Crippen LogP contribution in [-0.4, -0.2) is 35.9 Å². The maximum Gasteiger partial charge on any atom is 0.303 e. The number of carboxylic acid groups (broad SMARTS) is 1. The van der Waals surface area contributed by atoms with E-state index in [2.05, 4.69) is 15.4 Å². The van der Waals surface area contributed by atoms with Gasteiger partial charge in [-0.1, -0.05) is 5.21 Å². The van der Waals surface area contributed by atoms with Crippen LogP contribution in [0.5, 0.6) is 0 Å². The zero-order chi connectivity index (χ0) is 13.8. The normalized spacial score (nSPS) is 10.8. The minimum atomic E-state index is -0.757. The topological polar surface area (TPSA) is 85.8 Å². The van der Waals surface area contributed by atoms with Crippen LogP contribution >= 0.6 is 0 Å². The fourth-order valence-corrected chi connectivity index (χ4v) is 1.76. The van der Waals surface area contributed by atoms with E-state index in [-0.39, 0.29) is 6.42 Å². The summed E-state index contributed by atoms with van der Waals surface area (Å²) in [5.41, 5.74) is 1.90. The Labute approximate surface area is 110 Å². The molecule has 0 unspecified atom stereocenters. The van der Waals surface area contributed by atoms with E-state index in [0.29, 0.717) is 6.42 Å². The monoisotopic (exact) mass is 263 g/mol. The number of aromatic nitrogens is 5. The molecule has 0 spiro atoms. The fraction of sp³-hybridized carbons (Fsp3) is 0.500. The Kier molecular flexibility index (Phi) is 3.94. The summed E-state index contributed by atoms with van der Waals surface area (Å²) in [4.78, 5) is 10.4. The van der Waals surface area contributed by atoms with Crippen LogP contribution in [0, 0.1) is 6.92 Å². The number of hydrogen-bond acceptors (Lipinski definition) is 4. The second kappa shape index (κ2) is 5.64. The summed E-state index contributed by atoms with van der Waals surface area (Å²) in [6.07, 6.45) is 4.23. The quantitative estimate of drug-likeness (QED) is 0.789. The van der Waals surface area contributed by atoms with Crippen LogP contribution in [0.1, 0.15) is 30.7 Å². The summed E-state index contributed by atoms with van der Waals surface area (Å²) < 4.78 is 3.42. The smallest absolute Gasteiger partial charge is 0.303 e. The van der Waals surface area contributed by atoms with E-state index in [9.17, 15) is 4.79 Å². The van der Waals surface area contributed by atoms with Crippen molar-refractivity contribution in [1.82, 2.24) is 24.8 Å². The molecule has 0 bridgehead atoms. The molecule has 2 aromatic rings. The summed E-state index contributed by atoms with van der Waals surface area (Å²) in [5.74, 6) is -0.0168. The minimum Gasteiger partial charge on any atom is -0.481 e. The van der Waals surface area contributed by atoms with Crippen LogP contribution in [0.3, 0.4) is 0 Å². The van der Waals surface area contributed by atoms with Crippen LogP contribution in [0.2, 0.25) is 0 Å². The van der Waals surface area contributed by atoms with Gasteiger partial charge in [-0.2, -0.15) is 5.10 Å². The maximum atomic E-state index is 10.4. The lowest BCUT2D eigenvalue weighted by Crippen LogP contribution is -1.98. The third-order valence-corrected chi connectivity index (χ3v) is 2.95. The first-order chi connectivity index (χ1) is 9.06. The van der Waals surface area contributed by atoms with E-state index in [1.807, 2.05) is 26.2 Å². The fourth-order valence-electron chi connectivity index (χ4n) is 1.76. The molecule has 102 valence electrons. The number of rotatable bonds is 6. The second-order valence-corrected chi connectivity index (χ2v) is 4.52. The van der Waals surface area contributed by atoms with E-state index in [0.717, 1.165) is 30.0 Å². The molecule has 7 nitrogen and oxygen atoms in total. The average molecular weight is 263 g/mol. The molecule has 0 saturated heterocycles. The SMILES string of the molecule is Cc1cc(-n2cc(CCCCC(=O)O)nn2)nn1C. The van der Waals surface area contributed by atoms with E-state index in [1.165, 1.54) is 0 Å². The zero-order valence-corrected chi connectivity index (χ0v) is 11.1. The van der Waals surface area contributed by atoms with Gasteiger partial charge in [0.15, 0.2) is 5.82 Å². The molecule has 2 rings (SSSR count). The highest BCUT2D eigenvalue weighted by Gasteiger charge is 2.07. The molecule has 0 aliphatic heterocycles. The molecule has 1 N–H and O–H groups in total. The van der Waals surface area contributed by atoms with Crippen molar-refractivity contribution in [3.05, 3.63) is 23.7 Å². The molecule has 0 aliphatic rings. The largest absolute Gasteiger partial charge is 0.481 e. The zero-order valence-electron chi connectivity index (χ0n) is 11.1. The third kappa shape index (κ3) is 3.40. The number of aryl methyl sites for hydroxylation is 3. The van der Waals surface area contributed by atoms with Gasteiger partial charge in [-0.05, 0) is 26.2 Å². The number of unbranched alkanes of at least 4 members (excludes halogenated alkanes) is 1. The van der Waals surface area contributed by atoms with Gasteiger partial charge in [-0.25, -0.2) is 4.68 Å². The Hall–Kier alpha value is -2.18. The van der Waals surface area contributed by atoms with Gasteiger partial charge in [0.05, 0.1) is 11.9 Å². The molecule has 2 aromatic heterocycles. The van der Waals surface area contributed by atoms with Crippen LogP contribution in [0.25, 0.3) is 5.82 Å². The minimum absolute atomic E-state index is 0.202. The van der Waals surface area contributed by atoms with Crippen molar-refractivity contribution >= 4 is 5.97 Å². The van der Waals surface area contributed by atoms with E-state index in [1.54, 1.807) is 9.36 Å². The maximum absolute atomic E-state index is 10.4. The van der Waals surface area contributed by atoms with Gasteiger partial charge in [-0.15, -0.1) is 5.10 Å². The molecule has 19 heavy (non-hydrogen) atoms. The predicted molar refractivity (Wildman–Crippen MR) is 68.1 cm³/mol. The first-order valence-electron chi connectivity index (χ1n) is 6.20. The lowest BCUT2D eigenvalue weighted by atomic mass is 10.1. The molecular weight excluding hydrogens is 246 g/mol. The van der Waals surface area contributed by atoms with Gasteiger partial charge in [0, 0.05) is 25.2 Å². The highest BCUT2D eigenvalue weighted by atomic mass is 16.4. The van der Waals surface area contributed by atoms with E-state index >= 15 is 0 Å². The summed E-state index contributed by atoms with van der Waals surface area (Å²) in [7, 11) is 1.88. The van der Waals surface area contributed by atoms with E-state index < -0.39 is 5.97 Å². The molecular formula is C12H17N5O2. The van der Waals surface area contributed by atoms with Crippen molar-refractivity contribution in [2.45, 2.75) is 32.6 Å². The summed E-state index contributed by atoms with van der Waals surface area (Å²) in [6, 6.07) is 1.93. The van der Waals surface area contributed by atoms with E-state index in [4.69, 9.17) is 5.11 Å². The van der Waals surface area contributed by atoms with Crippen LogP contribution < -0.4 is 0 Å². The first-order valence-corrected chi connectivity index (χ1v) is 6.20. The van der Waals surface area contributed by atoms with Crippen molar-refractivity contribution in [3.8, 4) is 5.82 Å². The molecule has 7 heteroatoms. The molecule has 0 aromatic carbocycles. The summed E-state index contributed by atoms with van der Waals surface area (Å²) in [6.45, 7) is 1.97. The predicted octanol–water partition coefficient (Wildman–Crippen LogP) is 1.11. The molecule has 0 radical (unpaired) electrons. The Bertz CT molecular complexity index is 553. The third-order valence-electron chi connectivity index (χ3n) is 2.95. The van der Waals surface area contributed by atoms with Gasteiger partial charge >= 0.3 is 5.97 Å². The van der Waals surface area contributed by atoms with Gasteiger partial charge in [0.1, 0.15) is 0 Å². The van der Waals surface area contributed by atoms with Crippen LogP contribution in [0.4, 0.5) is 0 Å². The van der Waals surface area contributed by atoms with Crippen molar-refractivity contribution in [2.24, 2.45) is 7.05 Å². The first kappa shape index (κ1) is 13.3. The van der Waals surface area contributed by atoms with Crippen molar-refractivity contribution in [2.75, 3.05) is 0 Å². The Morgan fingerprint density at radius 3 is 2.84 bits per heavy atom. The van der Waals surface area contributed by atoms with Crippen LogP contribution in [-0.2, 0) is 18.3 Å². The standard InChI is InChI=1S/C12H17N5O2/c1-9-7-11(14-16(9)2)17-8-10(13-15-17)5-3-4-6-12(18)19/h7-8H,3-6H2,1-2H3,(H,18,19). The number of carbonyl (C=O) groups is 1. The molecule has 0 amide bonds. The number of carboxylic acids is 1. The van der Waals surface area contributed by atoms with Crippen molar-refractivity contribution in [1.29, 1.82) is 0 Å². The molecule has 0 atom stereocenters. The van der Waals surface area contributed by atoms with Crippen LogP contribution in [0.15, 0.2) is 12.3 Å². The van der Waals surface area contributed by atoms with Gasteiger partial charge in [0.25, 0.3) is 0 Å². The van der Waals surface area contributed by atoms with Crippen molar-refractivity contribution < 1.29 is 9.90 Å². The number of nitrogens with zero attached hydrogens (tertiary/aromatic N) is 5. The van der Waals surface area contributed by atoms with Crippen molar-refractivity contribution in [3.63, 3.8) is 0 Å².